The lowest BCUT2D eigenvalue weighted by Gasteiger charge is -2.13. The first-order valence-electron chi connectivity index (χ1n) is 7.53. The third kappa shape index (κ3) is 3.50. The first-order valence-corrected chi connectivity index (χ1v) is 9.01. The minimum absolute atomic E-state index is 0.315. The Labute approximate surface area is 149 Å². The van der Waals surface area contributed by atoms with Crippen LogP contribution in [0.4, 0.5) is 11.4 Å². The molecular weight excluding hydrogens is 356 g/mol. The highest BCUT2D eigenvalue weighted by atomic mass is 32.2. The molecule has 3 aromatic rings. The molecule has 0 saturated carbocycles. The number of para-hydroxylation sites is 1. The minimum atomic E-state index is -4.08. The van der Waals surface area contributed by atoms with Gasteiger partial charge in [0.1, 0.15) is 0 Å². The van der Waals surface area contributed by atoms with E-state index >= 15 is 0 Å². The van der Waals surface area contributed by atoms with Crippen LogP contribution in [0.15, 0.2) is 77.7 Å². The first-order chi connectivity index (χ1) is 12.4. The van der Waals surface area contributed by atoms with Crippen LogP contribution in [-0.2, 0) is 10.0 Å². The molecule has 0 aliphatic heterocycles. The number of phenols is 1. The van der Waals surface area contributed by atoms with Crippen molar-refractivity contribution in [1.82, 2.24) is 0 Å². The minimum Gasteiger partial charge on any atom is -0.502 e. The lowest BCUT2D eigenvalue weighted by atomic mass is 10.0. The van der Waals surface area contributed by atoms with Crippen LogP contribution < -0.4 is 4.72 Å². The van der Waals surface area contributed by atoms with Gasteiger partial charge in [-0.3, -0.25) is 14.8 Å². The number of nitrogens with one attached hydrogen (secondary N) is 1. The second kappa shape index (κ2) is 6.85. The number of hydrogen-bond acceptors (Lipinski definition) is 5. The van der Waals surface area contributed by atoms with E-state index in [2.05, 4.69) is 4.72 Å². The van der Waals surface area contributed by atoms with E-state index in [9.17, 15) is 23.6 Å². The molecule has 3 rings (SSSR count). The Hall–Kier alpha value is -3.39. The van der Waals surface area contributed by atoms with E-state index < -0.39 is 26.4 Å². The smallest absolute Gasteiger partial charge is 0.312 e. The van der Waals surface area contributed by atoms with Crippen molar-refractivity contribution >= 4 is 21.4 Å². The molecule has 0 heterocycles. The van der Waals surface area contributed by atoms with E-state index in [1.165, 1.54) is 0 Å². The van der Waals surface area contributed by atoms with Crippen LogP contribution >= 0.6 is 0 Å². The summed E-state index contributed by atoms with van der Waals surface area (Å²) in [4.78, 5) is 9.77. The number of sulfonamides is 1. The summed E-state index contributed by atoms with van der Waals surface area (Å²) in [6, 6.07) is 19.0. The Kier molecular flexibility index (Phi) is 4.59. The van der Waals surface area contributed by atoms with Crippen molar-refractivity contribution in [3.63, 3.8) is 0 Å². The van der Waals surface area contributed by atoms with Gasteiger partial charge < -0.3 is 5.11 Å². The van der Waals surface area contributed by atoms with Crippen molar-refractivity contribution in [2.24, 2.45) is 0 Å². The number of anilines is 1. The lowest BCUT2D eigenvalue weighted by molar-refractivity contribution is -0.386. The molecule has 26 heavy (non-hydrogen) atoms. The fourth-order valence-electron chi connectivity index (χ4n) is 2.46. The van der Waals surface area contributed by atoms with Crippen molar-refractivity contribution < 1.29 is 18.4 Å². The van der Waals surface area contributed by atoms with E-state index in [0.29, 0.717) is 11.3 Å². The molecule has 2 N–H and O–H groups in total. The number of benzene rings is 3. The second-order valence-corrected chi connectivity index (χ2v) is 7.11. The molecule has 0 aliphatic rings. The molecule has 0 saturated heterocycles. The molecule has 0 unspecified atom stereocenters. The summed E-state index contributed by atoms with van der Waals surface area (Å²) in [6.07, 6.45) is 0. The van der Waals surface area contributed by atoms with Crippen molar-refractivity contribution in [3.05, 3.63) is 82.9 Å². The molecule has 0 aromatic heterocycles. The maximum Gasteiger partial charge on any atom is 0.312 e. The molecule has 0 radical (unpaired) electrons. The summed E-state index contributed by atoms with van der Waals surface area (Å²) in [5.74, 6) is -0.598. The molecule has 0 aliphatic carbocycles. The number of nitro benzene ring substituents is 1. The Morgan fingerprint density at radius 3 is 2.27 bits per heavy atom. The molecule has 0 spiro atoms. The summed E-state index contributed by atoms with van der Waals surface area (Å²) < 4.78 is 27.8. The van der Waals surface area contributed by atoms with Gasteiger partial charge in [0, 0.05) is 11.6 Å². The zero-order valence-corrected chi connectivity index (χ0v) is 14.2. The summed E-state index contributed by atoms with van der Waals surface area (Å²) >= 11 is 0. The van der Waals surface area contributed by atoms with Crippen molar-refractivity contribution in [2.75, 3.05) is 4.72 Å². The molecule has 132 valence electrons. The third-order valence-corrected chi connectivity index (χ3v) is 5.07. The summed E-state index contributed by atoms with van der Waals surface area (Å²) in [5.41, 5.74) is 1.16. The predicted octanol–water partition coefficient (Wildman–Crippen LogP) is 3.77. The van der Waals surface area contributed by atoms with Crippen LogP contribution in [0, 0.1) is 10.1 Å². The van der Waals surface area contributed by atoms with Gasteiger partial charge >= 0.3 is 5.69 Å². The van der Waals surface area contributed by atoms with Crippen LogP contribution in [0.25, 0.3) is 11.1 Å². The first kappa shape index (κ1) is 17.4. The van der Waals surface area contributed by atoms with E-state index in [1.807, 2.05) is 30.3 Å². The van der Waals surface area contributed by atoms with E-state index in [1.54, 1.807) is 24.3 Å². The Morgan fingerprint density at radius 1 is 0.923 bits per heavy atom. The topological polar surface area (TPSA) is 110 Å². The largest absolute Gasteiger partial charge is 0.502 e. The molecule has 0 atom stereocenters. The zero-order chi connectivity index (χ0) is 18.7. The van der Waals surface area contributed by atoms with Crippen LogP contribution in [0.1, 0.15) is 0 Å². The molecule has 0 amide bonds. The van der Waals surface area contributed by atoms with Gasteiger partial charge in [-0.25, -0.2) is 8.42 Å². The average molecular weight is 370 g/mol. The fraction of sp³-hybridized carbons (Fsp3) is 0. The number of nitrogens with zero attached hydrogens (tertiary/aromatic N) is 1. The summed E-state index contributed by atoms with van der Waals surface area (Å²) in [6.45, 7) is 0. The Morgan fingerprint density at radius 2 is 1.58 bits per heavy atom. The number of aromatic hydroxyl groups is 1. The quantitative estimate of drug-likeness (QED) is 0.525. The van der Waals surface area contributed by atoms with Crippen molar-refractivity contribution in [2.45, 2.75) is 4.90 Å². The number of phenolic OH excluding ortho intramolecular Hbond substituents is 1. The molecule has 0 fully saturated rings. The molecule has 3 aromatic carbocycles. The van der Waals surface area contributed by atoms with Crippen LogP contribution in [-0.4, -0.2) is 18.4 Å². The summed E-state index contributed by atoms with van der Waals surface area (Å²) in [7, 11) is -4.08. The normalized spacial score (nSPS) is 11.1. The number of nitro groups is 1. The predicted molar refractivity (Wildman–Crippen MR) is 97.4 cm³/mol. The van der Waals surface area contributed by atoms with Gasteiger partial charge in [-0.15, -0.1) is 0 Å². The van der Waals surface area contributed by atoms with E-state index in [-0.39, 0.29) is 4.90 Å². The highest BCUT2D eigenvalue weighted by Gasteiger charge is 2.22. The summed E-state index contributed by atoms with van der Waals surface area (Å²) in [5, 5.41) is 20.4. The molecule has 7 nitrogen and oxygen atoms in total. The highest BCUT2D eigenvalue weighted by molar-refractivity contribution is 7.92. The Bertz CT molecular complexity index is 1070. The van der Waals surface area contributed by atoms with Gasteiger partial charge in [-0.2, -0.15) is 0 Å². The third-order valence-electron chi connectivity index (χ3n) is 3.71. The Balaban J connectivity index is 2.02. The van der Waals surface area contributed by atoms with Crippen molar-refractivity contribution in [3.8, 4) is 16.9 Å². The van der Waals surface area contributed by atoms with E-state index in [0.717, 1.165) is 23.8 Å². The maximum atomic E-state index is 12.7. The lowest BCUT2D eigenvalue weighted by Crippen LogP contribution is -2.13. The molecular formula is C18H14N2O5S. The van der Waals surface area contributed by atoms with E-state index in [4.69, 9.17) is 0 Å². The van der Waals surface area contributed by atoms with Crippen LogP contribution in [0.5, 0.6) is 5.75 Å². The maximum absolute atomic E-state index is 12.7. The second-order valence-electron chi connectivity index (χ2n) is 5.42. The van der Waals surface area contributed by atoms with Crippen LogP contribution in [0.2, 0.25) is 0 Å². The average Bonchev–Trinajstić information content (AvgIpc) is 2.62. The standard InChI is InChI=1S/C18H14N2O5S/c21-18-11-10-14(12-17(18)20(22)23)26(24,25)19-16-9-5-4-8-15(16)13-6-2-1-3-7-13/h1-12,19,21H. The van der Waals surface area contributed by atoms with Gasteiger partial charge in [0.15, 0.2) is 5.75 Å². The fourth-order valence-corrected chi connectivity index (χ4v) is 3.56. The van der Waals surface area contributed by atoms with Gasteiger partial charge in [0.05, 0.1) is 15.5 Å². The monoisotopic (exact) mass is 370 g/mol. The van der Waals surface area contributed by atoms with Crippen LogP contribution in [0.3, 0.4) is 0 Å². The van der Waals surface area contributed by atoms with Gasteiger partial charge in [0.2, 0.25) is 0 Å². The SMILES string of the molecule is O=[N+]([O-])c1cc(S(=O)(=O)Nc2ccccc2-c2ccccc2)ccc1O. The van der Waals surface area contributed by atoms with Gasteiger partial charge in [0.25, 0.3) is 10.0 Å². The van der Waals surface area contributed by atoms with Gasteiger partial charge in [-0.05, 0) is 23.8 Å². The van der Waals surface area contributed by atoms with Gasteiger partial charge in [-0.1, -0.05) is 48.5 Å². The number of hydrogen-bond donors (Lipinski definition) is 2. The molecule has 8 heteroatoms. The van der Waals surface area contributed by atoms with Crippen molar-refractivity contribution in [1.29, 1.82) is 0 Å². The number of rotatable bonds is 5. The highest BCUT2D eigenvalue weighted by Crippen LogP contribution is 2.32. The molecule has 0 bridgehead atoms. The zero-order valence-electron chi connectivity index (χ0n) is 13.4.